The van der Waals surface area contributed by atoms with E-state index in [-0.39, 0.29) is 23.8 Å². The van der Waals surface area contributed by atoms with Crippen LogP contribution in [0.4, 0.5) is 0 Å². The highest BCUT2D eigenvalue weighted by molar-refractivity contribution is 7.98. The van der Waals surface area contributed by atoms with Crippen LogP contribution in [-0.2, 0) is 25.6 Å². The summed E-state index contributed by atoms with van der Waals surface area (Å²) in [4.78, 5) is 50.1. The molecule has 1 rings (SSSR count). The van der Waals surface area contributed by atoms with Gasteiger partial charge in [0.25, 0.3) is 0 Å². The first-order valence-electron chi connectivity index (χ1n) is 11.3. The first-order valence-corrected chi connectivity index (χ1v) is 13.3. The molecule has 196 valence electrons. The fraction of sp³-hybridized carbons (Fsp3) is 0.565. The second kappa shape index (κ2) is 15.5. The molecule has 0 bridgehead atoms. The van der Waals surface area contributed by atoms with Crippen molar-refractivity contribution in [3.8, 4) is 5.75 Å². The van der Waals surface area contributed by atoms with Crippen LogP contribution in [0, 0.1) is 5.92 Å². The van der Waals surface area contributed by atoms with Crippen molar-refractivity contribution in [3.05, 3.63) is 29.8 Å². The van der Waals surface area contributed by atoms with E-state index in [2.05, 4.69) is 28.6 Å². The Labute approximate surface area is 215 Å². The molecule has 5 unspecified atom stereocenters. The lowest BCUT2D eigenvalue weighted by Gasteiger charge is -2.28. The molecule has 3 amide bonds. The minimum Gasteiger partial charge on any atom is -0.508 e. The molecule has 0 saturated heterocycles. The zero-order valence-electron chi connectivity index (χ0n) is 20.2. The molecule has 1 aromatic rings. The molecule has 0 aliphatic carbocycles. The number of hydrogen-bond acceptors (Lipinski definition) is 8. The quantitative estimate of drug-likeness (QED) is 0.162. The van der Waals surface area contributed by atoms with Crippen molar-refractivity contribution in [2.24, 2.45) is 11.7 Å². The first kappa shape index (κ1) is 30.6. The van der Waals surface area contributed by atoms with Crippen LogP contribution in [0.25, 0.3) is 0 Å². The molecule has 1 aromatic carbocycles. The summed E-state index contributed by atoms with van der Waals surface area (Å²) < 4.78 is 0. The molecule has 12 heteroatoms. The van der Waals surface area contributed by atoms with Gasteiger partial charge in [0.05, 0.1) is 6.04 Å². The highest BCUT2D eigenvalue weighted by atomic mass is 32.2. The fourth-order valence-corrected chi connectivity index (χ4v) is 3.87. The summed E-state index contributed by atoms with van der Waals surface area (Å²) in [5.74, 6) is -2.69. The molecule has 0 aliphatic rings. The zero-order chi connectivity index (χ0) is 26.5. The Kier molecular flexibility index (Phi) is 13.6. The van der Waals surface area contributed by atoms with E-state index in [1.54, 1.807) is 30.8 Å². The van der Waals surface area contributed by atoms with Crippen molar-refractivity contribution in [2.75, 3.05) is 17.8 Å². The Morgan fingerprint density at radius 2 is 1.63 bits per heavy atom. The number of phenolic OH excluding ortho intramolecular Hbond substituents is 1. The van der Waals surface area contributed by atoms with E-state index in [0.717, 1.165) is 0 Å². The topological polar surface area (TPSA) is 171 Å². The normalized spacial score (nSPS) is 15.2. The summed E-state index contributed by atoms with van der Waals surface area (Å²) in [6.07, 6.45) is 2.95. The van der Waals surface area contributed by atoms with Crippen molar-refractivity contribution in [3.63, 3.8) is 0 Å². The average Bonchev–Trinajstić information content (AvgIpc) is 2.83. The second-order valence-corrected chi connectivity index (χ2v) is 9.62. The summed E-state index contributed by atoms with van der Waals surface area (Å²) in [5.41, 5.74) is 6.64. The molecule has 0 aliphatic heterocycles. The smallest absolute Gasteiger partial charge is 0.327 e. The van der Waals surface area contributed by atoms with Crippen LogP contribution in [0.2, 0.25) is 0 Å². The van der Waals surface area contributed by atoms with E-state index in [0.29, 0.717) is 24.2 Å². The molecule has 0 radical (unpaired) electrons. The number of phenols is 1. The van der Waals surface area contributed by atoms with Crippen molar-refractivity contribution < 1.29 is 29.4 Å². The van der Waals surface area contributed by atoms with E-state index in [4.69, 9.17) is 5.73 Å². The van der Waals surface area contributed by atoms with Crippen molar-refractivity contribution in [1.82, 2.24) is 16.0 Å². The number of nitrogens with two attached hydrogens (primary N) is 1. The third-order valence-electron chi connectivity index (χ3n) is 5.57. The Morgan fingerprint density at radius 3 is 2.14 bits per heavy atom. The average molecular weight is 529 g/mol. The number of carboxylic acids is 1. The lowest BCUT2D eigenvalue weighted by Crippen LogP contribution is -2.59. The molecule has 0 aromatic heterocycles. The van der Waals surface area contributed by atoms with Crippen LogP contribution in [-0.4, -0.2) is 75.8 Å². The maximum Gasteiger partial charge on any atom is 0.327 e. The number of carbonyl (C=O) groups excluding carboxylic acids is 3. The summed E-state index contributed by atoms with van der Waals surface area (Å²) in [6.45, 7) is 3.59. The molecular formula is C23H36N4O6S2. The van der Waals surface area contributed by atoms with Crippen LogP contribution < -0.4 is 21.7 Å². The van der Waals surface area contributed by atoms with Gasteiger partial charge in [-0.05, 0) is 42.0 Å². The van der Waals surface area contributed by atoms with Crippen LogP contribution in [0.3, 0.4) is 0 Å². The van der Waals surface area contributed by atoms with E-state index in [9.17, 15) is 29.4 Å². The number of rotatable bonds is 15. The van der Waals surface area contributed by atoms with Gasteiger partial charge in [0.1, 0.15) is 23.9 Å². The lowest BCUT2D eigenvalue weighted by atomic mass is 9.96. The number of thiol groups is 1. The number of carbonyl (C=O) groups is 4. The Hall–Kier alpha value is -2.44. The Morgan fingerprint density at radius 1 is 1.03 bits per heavy atom. The molecule has 0 spiro atoms. The van der Waals surface area contributed by atoms with Gasteiger partial charge in [-0.3, -0.25) is 14.4 Å². The summed E-state index contributed by atoms with van der Waals surface area (Å²) in [6, 6.07) is 2.08. The van der Waals surface area contributed by atoms with Gasteiger partial charge in [0, 0.05) is 12.2 Å². The van der Waals surface area contributed by atoms with Gasteiger partial charge in [-0.15, -0.1) is 0 Å². The minimum atomic E-state index is -1.24. The first-order chi connectivity index (χ1) is 16.5. The third kappa shape index (κ3) is 10.4. The third-order valence-corrected chi connectivity index (χ3v) is 6.58. The Balaban J connectivity index is 3.11. The van der Waals surface area contributed by atoms with Gasteiger partial charge < -0.3 is 31.9 Å². The summed E-state index contributed by atoms with van der Waals surface area (Å²) >= 11 is 5.51. The predicted octanol–water partition coefficient (Wildman–Crippen LogP) is 0.530. The molecule has 5 atom stereocenters. The SMILES string of the molecule is CCC(C)C(NC(=O)C(Cc1ccc(O)cc1)NC(=O)C(N)CCSC)C(=O)NC(CS)C(=O)O. The van der Waals surface area contributed by atoms with Gasteiger partial charge in [0.15, 0.2) is 0 Å². The number of thioether (sulfide) groups is 1. The molecule has 7 N–H and O–H groups in total. The van der Waals surface area contributed by atoms with Gasteiger partial charge in [0.2, 0.25) is 17.7 Å². The predicted molar refractivity (Wildman–Crippen MR) is 140 cm³/mol. The van der Waals surface area contributed by atoms with Crippen molar-refractivity contribution in [2.45, 2.75) is 57.3 Å². The van der Waals surface area contributed by atoms with E-state index in [1.807, 2.05) is 13.2 Å². The van der Waals surface area contributed by atoms with Gasteiger partial charge in [-0.2, -0.15) is 24.4 Å². The largest absolute Gasteiger partial charge is 0.508 e. The van der Waals surface area contributed by atoms with E-state index >= 15 is 0 Å². The van der Waals surface area contributed by atoms with Crippen molar-refractivity contribution >= 4 is 48.1 Å². The number of amides is 3. The molecule has 0 fully saturated rings. The van der Waals surface area contributed by atoms with Gasteiger partial charge in [-0.25, -0.2) is 4.79 Å². The van der Waals surface area contributed by atoms with E-state index in [1.165, 1.54) is 12.1 Å². The summed E-state index contributed by atoms with van der Waals surface area (Å²) in [7, 11) is 0. The number of aliphatic carboxylic acids is 1. The molecule has 10 nitrogen and oxygen atoms in total. The highest BCUT2D eigenvalue weighted by Gasteiger charge is 2.32. The second-order valence-electron chi connectivity index (χ2n) is 8.27. The maximum atomic E-state index is 13.3. The zero-order valence-corrected chi connectivity index (χ0v) is 21.9. The van der Waals surface area contributed by atoms with Crippen LogP contribution in [0.15, 0.2) is 24.3 Å². The number of benzene rings is 1. The monoisotopic (exact) mass is 528 g/mol. The van der Waals surface area contributed by atoms with Gasteiger partial charge in [-0.1, -0.05) is 32.4 Å². The molecular weight excluding hydrogens is 492 g/mol. The number of hydrogen-bond donors (Lipinski definition) is 7. The number of aromatic hydroxyl groups is 1. The number of carboxylic acid groups (broad SMARTS) is 1. The van der Waals surface area contributed by atoms with Crippen molar-refractivity contribution in [1.29, 1.82) is 0 Å². The van der Waals surface area contributed by atoms with Crippen LogP contribution >= 0.6 is 24.4 Å². The lowest BCUT2D eigenvalue weighted by molar-refractivity contribution is -0.142. The summed E-state index contributed by atoms with van der Waals surface area (Å²) in [5, 5.41) is 26.5. The molecule has 0 heterocycles. The highest BCUT2D eigenvalue weighted by Crippen LogP contribution is 2.13. The minimum absolute atomic E-state index is 0.0588. The Bertz CT molecular complexity index is 855. The fourth-order valence-electron chi connectivity index (χ4n) is 3.13. The van der Waals surface area contributed by atoms with E-state index < -0.39 is 47.9 Å². The molecule has 0 saturated carbocycles. The van der Waals surface area contributed by atoms with Crippen LogP contribution in [0.1, 0.15) is 32.3 Å². The van der Waals surface area contributed by atoms with Crippen LogP contribution in [0.5, 0.6) is 5.75 Å². The maximum absolute atomic E-state index is 13.3. The van der Waals surface area contributed by atoms with Gasteiger partial charge >= 0.3 is 5.97 Å². The number of nitrogens with one attached hydrogen (secondary N) is 3. The molecule has 35 heavy (non-hydrogen) atoms. The standard InChI is InChI=1S/C23H36N4O6S2/c1-4-13(2)19(22(31)26-18(12-34)23(32)33)27-21(30)17(11-14-5-7-15(28)8-6-14)25-20(29)16(24)9-10-35-3/h5-8,13,16-19,28,34H,4,9-12,24H2,1-3H3,(H,25,29)(H,26,31)(H,27,30)(H,32,33).